The van der Waals surface area contributed by atoms with Gasteiger partial charge in [0.15, 0.2) is 0 Å². The van der Waals surface area contributed by atoms with Crippen molar-refractivity contribution in [3.05, 3.63) is 65.7 Å². The second kappa shape index (κ2) is 10.1. The molecule has 8 heteroatoms. The molecule has 0 spiro atoms. The Hall–Kier alpha value is -2.42. The minimum absolute atomic E-state index is 0.263. The molecule has 27 heavy (non-hydrogen) atoms. The first-order valence-corrected chi connectivity index (χ1v) is 10.4. The van der Waals surface area contributed by atoms with E-state index in [0.717, 1.165) is 24.8 Å². The zero-order chi connectivity index (χ0) is 19.7. The van der Waals surface area contributed by atoms with Crippen molar-refractivity contribution in [2.45, 2.75) is 6.42 Å². The summed E-state index contributed by atoms with van der Waals surface area (Å²) in [6.07, 6.45) is 1.95. The van der Waals surface area contributed by atoms with Gasteiger partial charge >= 0.3 is 0 Å². The van der Waals surface area contributed by atoms with Crippen LogP contribution in [0.1, 0.15) is 15.9 Å². The van der Waals surface area contributed by atoms with Gasteiger partial charge in [0.2, 0.25) is 10.0 Å². The van der Waals surface area contributed by atoms with Gasteiger partial charge in [0.05, 0.1) is 12.9 Å². The lowest BCUT2D eigenvalue weighted by molar-refractivity contribution is 0.0246. The molecular formula is C19H25N3O4S. The Morgan fingerprint density at radius 1 is 1.04 bits per heavy atom. The summed E-state index contributed by atoms with van der Waals surface area (Å²) in [7, 11) is -1.28. The van der Waals surface area contributed by atoms with Gasteiger partial charge in [-0.15, -0.1) is 0 Å². The van der Waals surface area contributed by atoms with Crippen molar-refractivity contribution < 1.29 is 18.0 Å². The zero-order valence-electron chi connectivity index (χ0n) is 15.5. The molecule has 2 N–H and O–H groups in total. The van der Waals surface area contributed by atoms with E-state index in [1.54, 1.807) is 36.4 Å². The first-order valence-electron chi connectivity index (χ1n) is 8.56. The highest BCUT2D eigenvalue weighted by molar-refractivity contribution is 7.92. The highest BCUT2D eigenvalue weighted by Crippen LogP contribution is 2.11. The predicted octanol–water partition coefficient (Wildman–Crippen LogP) is 1.89. The summed E-state index contributed by atoms with van der Waals surface area (Å²) < 4.78 is 24.8. The Bertz CT molecular complexity index is 824. The largest absolute Gasteiger partial charge is 0.304 e. The molecule has 2 rings (SSSR count). The van der Waals surface area contributed by atoms with Crippen LogP contribution in [0.25, 0.3) is 0 Å². The van der Waals surface area contributed by atoms with Crippen molar-refractivity contribution in [2.24, 2.45) is 0 Å². The van der Waals surface area contributed by atoms with E-state index in [4.69, 9.17) is 4.84 Å². The zero-order valence-corrected chi connectivity index (χ0v) is 16.3. The Kier molecular flexibility index (Phi) is 7.78. The highest BCUT2D eigenvalue weighted by Gasteiger charge is 2.05. The van der Waals surface area contributed by atoms with E-state index >= 15 is 0 Å². The molecule has 0 aliphatic heterocycles. The van der Waals surface area contributed by atoms with Gasteiger partial charge in [0.1, 0.15) is 0 Å². The number of hydrogen-bond donors (Lipinski definition) is 2. The molecule has 0 fully saturated rings. The highest BCUT2D eigenvalue weighted by atomic mass is 32.2. The first kappa shape index (κ1) is 20.9. The molecule has 0 atom stereocenters. The number of amides is 1. The Labute approximate surface area is 160 Å². The SMILES string of the molecule is CN(CCONC(=O)c1ccccc1)CCc1ccc(NS(C)(=O)=O)cc1. The number of likely N-dealkylation sites (N-methyl/N-ethyl adjacent to an activating group) is 1. The lowest BCUT2D eigenvalue weighted by Crippen LogP contribution is -2.30. The molecule has 7 nitrogen and oxygen atoms in total. The van der Waals surface area contributed by atoms with Gasteiger partial charge in [-0.2, -0.15) is 0 Å². The number of carbonyl (C=O) groups excluding carboxylic acids is 1. The number of sulfonamides is 1. The molecule has 0 saturated heterocycles. The van der Waals surface area contributed by atoms with Crippen molar-refractivity contribution in [1.29, 1.82) is 0 Å². The molecule has 0 saturated carbocycles. The summed E-state index contributed by atoms with van der Waals surface area (Å²) in [6.45, 7) is 1.87. The van der Waals surface area contributed by atoms with E-state index in [0.29, 0.717) is 24.4 Å². The van der Waals surface area contributed by atoms with Crippen LogP contribution in [-0.2, 0) is 21.3 Å². The van der Waals surface area contributed by atoms with Crippen molar-refractivity contribution in [3.63, 3.8) is 0 Å². The summed E-state index contributed by atoms with van der Waals surface area (Å²) in [5.74, 6) is -0.263. The monoisotopic (exact) mass is 391 g/mol. The second-order valence-corrected chi connectivity index (χ2v) is 8.02. The number of nitrogens with zero attached hydrogens (tertiary/aromatic N) is 1. The quantitative estimate of drug-likeness (QED) is 0.477. The third kappa shape index (κ3) is 8.21. The van der Waals surface area contributed by atoms with Crippen LogP contribution in [-0.4, -0.2) is 52.2 Å². The number of hydroxylamine groups is 1. The Morgan fingerprint density at radius 2 is 1.70 bits per heavy atom. The standard InChI is InChI=1S/C19H25N3O4S/c1-22(14-15-26-20-19(23)17-6-4-3-5-7-17)13-12-16-8-10-18(11-9-16)21-27(2,24)25/h3-11,21H,12-15H2,1-2H3,(H,20,23). The van der Waals surface area contributed by atoms with E-state index in [-0.39, 0.29) is 5.91 Å². The van der Waals surface area contributed by atoms with Gasteiger partial charge in [-0.1, -0.05) is 30.3 Å². The van der Waals surface area contributed by atoms with Crippen LogP contribution in [0.5, 0.6) is 0 Å². The minimum Gasteiger partial charge on any atom is -0.304 e. The lowest BCUT2D eigenvalue weighted by atomic mass is 10.1. The first-order chi connectivity index (χ1) is 12.8. The lowest BCUT2D eigenvalue weighted by Gasteiger charge is -2.16. The van der Waals surface area contributed by atoms with Crippen LogP contribution in [0, 0.1) is 0 Å². The number of hydrogen-bond acceptors (Lipinski definition) is 5. The fourth-order valence-electron chi connectivity index (χ4n) is 2.35. The van der Waals surface area contributed by atoms with Gasteiger partial charge < -0.3 is 4.90 Å². The van der Waals surface area contributed by atoms with Crippen LogP contribution >= 0.6 is 0 Å². The van der Waals surface area contributed by atoms with E-state index < -0.39 is 10.0 Å². The van der Waals surface area contributed by atoms with Gasteiger partial charge in [-0.3, -0.25) is 14.4 Å². The predicted molar refractivity (Wildman–Crippen MR) is 106 cm³/mol. The summed E-state index contributed by atoms with van der Waals surface area (Å²) in [5, 5.41) is 0. The molecule has 2 aromatic rings. The average Bonchev–Trinajstić information content (AvgIpc) is 2.64. The second-order valence-electron chi connectivity index (χ2n) is 6.27. The molecule has 0 bridgehead atoms. The average molecular weight is 391 g/mol. The van der Waals surface area contributed by atoms with Crippen molar-refractivity contribution in [3.8, 4) is 0 Å². The van der Waals surface area contributed by atoms with Crippen LogP contribution in [0.15, 0.2) is 54.6 Å². The molecule has 0 heterocycles. The fourth-order valence-corrected chi connectivity index (χ4v) is 2.92. The van der Waals surface area contributed by atoms with Crippen molar-refractivity contribution in [2.75, 3.05) is 37.7 Å². The molecule has 2 aromatic carbocycles. The third-order valence-electron chi connectivity index (χ3n) is 3.82. The normalized spacial score (nSPS) is 11.4. The van der Waals surface area contributed by atoms with Gasteiger partial charge in [-0.25, -0.2) is 13.9 Å². The van der Waals surface area contributed by atoms with Gasteiger partial charge in [-0.05, 0) is 43.3 Å². The summed E-state index contributed by atoms with van der Waals surface area (Å²) >= 11 is 0. The number of nitrogens with one attached hydrogen (secondary N) is 2. The van der Waals surface area contributed by atoms with Gasteiger partial charge in [0.25, 0.3) is 5.91 Å². The maximum atomic E-state index is 11.8. The van der Waals surface area contributed by atoms with Crippen LogP contribution < -0.4 is 10.2 Å². The van der Waals surface area contributed by atoms with Gasteiger partial charge in [0, 0.05) is 24.3 Å². The maximum Gasteiger partial charge on any atom is 0.274 e. The molecule has 1 amide bonds. The molecule has 0 radical (unpaired) electrons. The number of anilines is 1. The van der Waals surface area contributed by atoms with Crippen molar-refractivity contribution >= 4 is 21.6 Å². The van der Waals surface area contributed by atoms with Crippen LogP contribution in [0.3, 0.4) is 0 Å². The number of benzene rings is 2. The summed E-state index contributed by atoms with van der Waals surface area (Å²) in [6, 6.07) is 16.2. The van der Waals surface area contributed by atoms with Crippen LogP contribution in [0.2, 0.25) is 0 Å². The molecule has 146 valence electrons. The smallest absolute Gasteiger partial charge is 0.274 e. The van der Waals surface area contributed by atoms with E-state index in [9.17, 15) is 13.2 Å². The molecule has 0 unspecified atom stereocenters. The minimum atomic E-state index is -3.25. The van der Waals surface area contributed by atoms with E-state index in [2.05, 4.69) is 15.1 Å². The number of rotatable bonds is 10. The maximum absolute atomic E-state index is 11.8. The number of carbonyl (C=O) groups is 1. The fraction of sp³-hybridized carbons (Fsp3) is 0.316. The van der Waals surface area contributed by atoms with Crippen molar-refractivity contribution in [1.82, 2.24) is 10.4 Å². The van der Waals surface area contributed by atoms with E-state index in [1.807, 2.05) is 25.2 Å². The molecule has 0 aliphatic carbocycles. The molecular weight excluding hydrogens is 366 g/mol. The van der Waals surface area contributed by atoms with E-state index in [1.165, 1.54) is 0 Å². The Balaban J connectivity index is 1.64. The molecule has 0 aliphatic rings. The van der Waals surface area contributed by atoms with Crippen LogP contribution in [0.4, 0.5) is 5.69 Å². The summed E-state index contributed by atoms with van der Waals surface area (Å²) in [5.41, 5.74) is 4.65. The molecule has 0 aromatic heterocycles. The third-order valence-corrected chi connectivity index (χ3v) is 4.42. The topological polar surface area (TPSA) is 87.7 Å². The summed E-state index contributed by atoms with van der Waals surface area (Å²) in [4.78, 5) is 19.1. The Morgan fingerprint density at radius 3 is 2.33 bits per heavy atom.